The Hall–Kier alpha value is -3.31. The van der Waals surface area contributed by atoms with Crippen LogP contribution in [0.2, 0.25) is 5.02 Å². The fraction of sp³-hybridized carbons (Fsp3) is 0.0909. The summed E-state index contributed by atoms with van der Waals surface area (Å²) in [5.41, 5.74) is 3.71. The molecule has 0 saturated heterocycles. The second-order valence-electron chi connectivity index (χ2n) is 6.43. The van der Waals surface area contributed by atoms with Gasteiger partial charge >= 0.3 is 0 Å². The van der Waals surface area contributed by atoms with E-state index < -0.39 is 0 Å². The third-order valence-corrected chi connectivity index (χ3v) is 4.75. The number of aromatic amines is 1. The lowest BCUT2D eigenvalue weighted by molar-refractivity contribution is 0.0954. The van der Waals surface area contributed by atoms with E-state index in [0.717, 1.165) is 17.6 Å². The SMILES string of the molecule is O=C(NCCc1c[nH]c2ccccc12)c1ccc(Nc2ccc(Cl)cc2)nc1. The topological polar surface area (TPSA) is 69.8 Å². The molecular formula is C22H19ClN4O. The van der Waals surface area contributed by atoms with Crippen LogP contribution in [0.1, 0.15) is 15.9 Å². The van der Waals surface area contributed by atoms with E-state index in [4.69, 9.17) is 11.6 Å². The highest BCUT2D eigenvalue weighted by Gasteiger charge is 2.07. The Balaban J connectivity index is 1.32. The van der Waals surface area contributed by atoms with Crippen molar-refractivity contribution in [2.45, 2.75) is 6.42 Å². The van der Waals surface area contributed by atoms with Gasteiger partial charge in [-0.25, -0.2) is 4.98 Å². The Kier molecular flexibility index (Phi) is 5.26. The third kappa shape index (κ3) is 4.15. The monoisotopic (exact) mass is 390 g/mol. The van der Waals surface area contributed by atoms with Crippen LogP contribution >= 0.6 is 11.6 Å². The van der Waals surface area contributed by atoms with Crippen LogP contribution in [0.4, 0.5) is 11.5 Å². The number of hydrogen-bond acceptors (Lipinski definition) is 3. The molecule has 5 nitrogen and oxygen atoms in total. The van der Waals surface area contributed by atoms with Gasteiger partial charge in [0.05, 0.1) is 5.56 Å². The molecule has 2 heterocycles. The lowest BCUT2D eigenvalue weighted by Gasteiger charge is -2.07. The van der Waals surface area contributed by atoms with Crippen LogP contribution in [0.3, 0.4) is 0 Å². The number of aromatic nitrogens is 2. The third-order valence-electron chi connectivity index (χ3n) is 4.50. The molecular weight excluding hydrogens is 372 g/mol. The number of rotatable bonds is 6. The van der Waals surface area contributed by atoms with Gasteiger partial charge in [-0.05, 0) is 54.4 Å². The van der Waals surface area contributed by atoms with Crippen molar-refractivity contribution >= 4 is 39.9 Å². The van der Waals surface area contributed by atoms with Gasteiger partial charge < -0.3 is 15.6 Å². The summed E-state index contributed by atoms with van der Waals surface area (Å²) in [6.45, 7) is 0.561. The van der Waals surface area contributed by atoms with Gasteiger partial charge in [0.2, 0.25) is 0 Å². The number of nitrogens with zero attached hydrogens (tertiary/aromatic N) is 1. The number of benzene rings is 2. The average Bonchev–Trinajstić information content (AvgIpc) is 3.13. The lowest BCUT2D eigenvalue weighted by Crippen LogP contribution is -2.25. The lowest BCUT2D eigenvalue weighted by atomic mass is 10.1. The summed E-state index contributed by atoms with van der Waals surface area (Å²) in [7, 11) is 0. The predicted octanol–water partition coefficient (Wildman–Crippen LogP) is 4.93. The summed E-state index contributed by atoms with van der Waals surface area (Å²) in [6, 6.07) is 19.0. The number of amides is 1. The smallest absolute Gasteiger partial charge is 0.252 e. The number of para-hydroxylation sites is 1. The van der Waals surface area contributed by atoms with Gasteiger partial charge in [0.15, 0.2) is 0 Å². The van der Waals surface area contributed by atoms with E-state index in [9.17, 15) is 4.79 Å². The molecule has 0 saturated carbocycles. The average molecular weight is 391 g/mol. The number of pyridine rings is 1. The Bertz CT molecular complexity index is 1090. The van der Waals surface area contributed by atoms with E-state index >= 15 is 0 Å². The van der Waals surface area contributed by atoms with E-state index in [0.29, 0.717) is 22.9 Å². The Morgan fingerprint density at radius 1 is 1.04 bits per heavy atom. The van der Waals surface area contributed by atoms with Crippen molar-refractivity contribution in [3.8, 4) is 0 Å². The Morgan fingerprint density at radius 3 is 2.64 bits per heavy atom. The van der Waals surface area contributed by atoms with Crippen LogP contribution in [0.5, 0.6) is 0 Å². The van der Waals surface area contributed by atoms with Crippen LogP contribution in [0.15, 0.2) is 73.1 Å². The van der Waals surface area contributed by atoms with Gasteiger partial charge in [-0.3, -0.25) is 4.79 Å². The van der Waals surface area contributed by atoms with E-state index in [1.807, 2.05) is 36.5 Å². The highest BCUT2D eigenvalue weighted by Crippen LogP contribution is 2.19. The molecule has 4 rings (SSSR count). The second-order valence-corrected chi connectivity index (χ2v) is 6.87. The van der Waals surface area contributed by atoms with Crippen molar-refractivity contribution in [3.05, 3.63) is 89.2 Å². The van der Waals surface area contributed by atoms with Gasteiger partial charge in [-0.15, -0.1) is 0 Å². The zero-order valence-corrected chi connectivity index (χ0v) is 15.8. The van der Waals surface area contributed by atoms with Crippen LogP contribution in [-0.2, 0) is 6.42 Å². The molecule has 0 aliphatic rings. The van der Waals surface area contributed by atoms with E-state index in [-0.39, 0.29) is 5.91 Å². The van der Waals surface area contributed by atoms with Crippen LogP contribution in [0, 0.1) is 0 Å². The molecule has 28 heavy (non-hydrogen) atoms. The van der Waals surface area contributed by atoms with E-state index in [2.05, 4.69) is 26.7 Å². The van der Waals surface area contributed by atoms with E-state index in [1.165, 1.54) is 10.9 Å². The zero-order chi connectivity index (χ0) is 19.3. The van der Waals surface area contributed by atoms with E-state index in [1.54, 1.807) is 30.5 Å². The van der Waals surface area contributed by atoms with Crippen molar-refractivity contribution < 1.29 is 4.79 Å². The largest absolute Gasteiger partial charge is 0.361 e. The maximum absolute atomic E-state index is 12.3. The van der Waals surface area contributed by atoms with Crippen molar-refractivity contribution in [2.24, 2.45) is 0 Å². The molecule has 0 unspecified atom stereocenters. The molecule has 0 aliphatic carbocycles. The Labute approximate surface area is 167 Å². The maximum atomic E-state index is 12.3. The fourth-order valence-electron chi connectivity index (χ4n) is 3.03. The number of carbonyl (C=O) groups is 1. The molecule has 140 valence electrons. The van der Waals surface area contributed by atoms with Gasteiger partial charge in [0.25, 0.3) is 5.91 Å². The molecule has 2 aromatic heterocycles. The molecule has 0 bridgehead atoms. The Morgan fingerprint density at radius 2 is 1.86 bits per heavy atom. The number of hydrogen-bond donors (Lipinski definition) is 3. The fourth-order valence-corrected chi connectivity index (χ4v) is 3.16. The number of nitrogens with one attached hydrogen (secondary N) is 3. The van der Waals surface area contributed by atoms with Gasteiger partial charge in [0.1, 0.15) is 5.82 Å². The zero-order valence-electron chi connectivity index (χ0n) is 15.1. The molecule has 0 fully saturated rings. The number of halogens is 1. The molecule has 0 spiro atoms. The summed E-state index contributed by atoms with van der Waals surface area (Å²) in [5, 5.41) is 7.99. The summed E-state index contributed by atoms with van der Waals surface area (Å²) in [4.78, 5) is 19.9. The normalized spacial score (nSPS) is 10.8. The molecule has 2 aromatic carbocycles. The minimum atomic E-state index is -0.134. The molecule has 0 radical (unpaired) electrons. The molecule has 0 atom stereocenters. The summed E-state index contributed by atoms with van der Waals surface area (Å²) >= 11 is 5.88. The first-order valence-electron chi connectivity index (χ1n) is 9.01. The van der Waals surface area contributed by atoms with Gasteiger partial charge in [0, 0.05) is 40.6 Å². The molecule has 4 aromatic rings. The number of H-pyrrole nitrogens is 1. The standard InChI is InChI=1S/C22H19ClN4O/c23-17-6-8-18(9-7-17)27-21-10-5-16(14-26-21)22(28)24-12-11-15-13-25-20-4-2-1-3-19(15)20/h1-10,13-14,25H,11-12H2,(H,24,28)(H,26,27). The van der Waals surface area contributed by atoms with Crippen LogP contribution in [0.25, 0.3) is 10.9 Å². The van der Waals surface area contributed by atoms with Crippen LogP contribution < -0.4 is 10.6 Å². The number of anilines is 2. The minimum absolute atomic E-state index is 0.134. The number of carbonyl (C=O) groups excluding carboxylic acids is 1. The second kappa shape index (κ2) is 8.15. The molecule has 1 amide bonds. The molecule has 3 N–H and O–H groups in total. The van der Waals surface area contributed by atoms with Gasteiger partial charge in [-0.2, -0.15) is 0 Å². The first-order valence-corrected chi connectivity index (χ1v) is 9.39. The maximum Gasteiger partial charge on any atom is 0.252 e. The van der Waals surface area contributed by atoms with Gasteiger partial charge in [-0.1, -0.05) is 29.8 Å². The number of fused-ring (bicyclic) bond motifs is 1. The first-order chi connectivity index (χ1) is 13.7. The highest BCUT2D eigenvalue weighted by atomic mass is 35.5. The van der Waals surface area contributed by atoms with Crippen molar-refractivity contribution in [3.63, 3.8) is 0 Å². The van der Waals surface area contributed by atoms with Crippen molar-refractivity contribution in [1.82, 2.24) is 15.3 Å². The first kappa shape index (κ1) is 18.1. The minimum Gasteiger partial charge on any atom is -0.361 e. The summed E-state index contributed by atoms with van der Waals surface area (Å²) in [5.74, 6) is 0.531. The summed E-state index contributed by atoms with van der Waals surface area (Å²) in [6.07, 6.45) is 4.33. The highest BCUT2D eigenvalue weighted by molar-refractivity contribution is 6.30. The van der Waals surface area contributed by atoms with Crippen LogP contribution in [-0.4, -0.2) is 22.4 Å². The predicted molar refractivity (Wildman–Crippen MR) is 113 cm³/mol. The quantitative estimate of drug-likeness (QED) is 0.437. The molecule has 6 heteroatoms. The van der Waals surface area contributed by atoms with Crippen molar-refractivity contribution in [2.75, 3.05) is 11.9 Å². The summed E-state index contributed by atoms with van der Waals surface area (Å²) < 4.78 is 0. The molecule has 0 aliphatic heterocycles. The van der Waals surface area contributed by atoms with Crippen molar-refractivity contribution in [1.29, 1.82) is 0 Å².